The van der Waals surface area contributed by atoms with Gasteiger partial charge in [-0.1, -0.05) is 43.4 Å². The molecule has 2 aromatic rings. The van der Waals surface area contributed by atoms with Gasteiger partial charge in [0, 0.05) is 12.3 Å². The first-order valence-corrected chi connectivity index (χ1v) is 8.85. The van der Waals surface area contributed by atoms with E-state index in [9.17, 15) is 4.79 Å². The second-order valence-electron chi connectivity index (χ2n) is 5.27. The van der Waals surface area contributed by atoms with Gasteiger partial charge in [-0.25, -0.2) is 0 Å². The zero-order valence-electron chi connectivity index (χ0n) is 13.6. The molecule has 1 heterocycles. The third kappa shape index (κ3) is 5.63. The molecule has 6 heteroatoms. The Kier molecular flexibility index (Phi) is 7.00. The van der Waals surface area contributed by atoms with E-state index in [0.29, 0.717) is 11.7 Å². The van der Waals surface area contributed by atoms with Crippen LogP contribution in [0.5, 0.6) is 5.75 Å². The molecule has 1 aromatic carbocycles. The van der Waals surface area contributed by atoms with Crippen LogP contribution in [0.3, 0.4) is 0 Å². The van der Waals surface area contributed by atoms with Crippen LogP contribution in [0.1, 0.15) is 38.1 Å². The molecule has 0 unspecified atom stereocenters. The summed E-state index contributed by atoms with van der Waals surface area (Å²) >= 11 is 1.44. The Morgan fingerprint density at radius 1 is 1.22 bits per heavy atom. The number of carbonyl (C=O) groups is 1. The lowest BCUT2D eigenvalue weighted by atomic mass is 10.0. The van der Waals surface area contributed by atoms with Crippen LogP contribution in [0.2, 0.25) is 0 Å². The number of nitrogens with zero attached hydrogens (tertiary/aromatic N) is 2. The predicted octanol–water partition coefficient (Wildman–Crippen LogP) is 3.92. The number of aromatic nitrogens is 2. The van der Waals surface area contributed by atoms with Crippen LogP contribution in [0.15, 0.2) is 30.3 Å². The van der Waals surface area contributed by atoms with Crippen molar-refractivity contribution in [1.82, 2.24) is 10.2 Å². The SMILES string of the molecule is CCC(CC)C(=O)Nc1nnc(CCCOc2ccccc2)s1. The van der Waals surface area contributed by atoms with Gasteiger partial charge in [-0.05, 0) is 31.4 Å². The lowest BCUT2D eigenvalue weighted by Crippen LogP contribution is -2.21. The highest BCUT2D eigenvalue weighted by Crippen LogP contribution is 2.19. The number of benzene rings is 1. The van der Waals surface area contributed by atoms with Crippen LogP contribution in [0.4, 0.5) is 5.13 Å². The summed E-state index contributed by atoms with van der Waals surface area (Å²) < 4.78 is 5.65. The molecule has 0 aliphatic heterocycles. The maximum absolute atomic E-state index is 12.0. The number of aryl methyl sites for hydroxylation is 1. The third-order valence-electron chi connectivity index (χ3n) is 3.60. The van der Waals surface area contributed by atoms with Crippen molar-refractivity contribution in [1.29, 1.82) is 0 Å². The standard InChI is InChI=1S/C17H23N3O2S/c1-3-13(4-2)16(21)18-17-20-19-15(23-17)11-8-12-22-14-9-6-5-7-10-14/h5-7,9-10,13H,3-4,8,11-12H2,1-2H3,(H,18,20,21). The van der Waals surface area contributed by atoms with Gasteiger partial charge in [0.2, 0.25) is 11.0 Å². The molecule has 1 aromatic heterocycles. The molecule has 1 N–H and O–H groups in total. The van der Waals surface area contributed by atoms with Crippen molar-refractivity contribution in [2.75, 3.05) is 11.9 Å². The van der Waals surface area contributed by atoms with Crippen molar-refractivity contribution in [3.05, 3.63) is 35.3 Å². The molecular formula is C17H23N3O2S. The minimum Gasteiger partial charge on any atom is -0.494 e. The van der Waals surface area contributed by atoms with Crippen molar-refractivity contribution in [3.8, 4) is 5.75 Å². The number of amides is 1. The summed E-state index contributed by atoms with van der Waals surface area (Å²) in [5.41, 5.74) is 0. The van der Waals surface area contributed by atoms with Gasteiger partial charge in [-0.3, -0.25) is 4.79 Å². The average molecular weight is 333 g/mol. The Hall–Kier alpha value is -1.95. The number of ether oxygens (including phenoxy) is 1. The summed E-state index contributed by atoms with van der Waals surface area (Å²) in [5.74, 6) is 0.953. The molecule has 0 radical (unpaired) electrons. The number of hydrogen-bond donors (Lipinski definition) is 1. The van der Waals surface area contributed by atoms with E-state index in [1.807, 2.05) is 44.2 Å². The van der Waals surface area contributed by atoms with E-state index in [0.717, 1.165) is 36.4 Å². The Morgan fingerprint density at radius 2 is 1.96 bits per heavy atom. The van der Waals surface area contributed by atoms with E-state index in [4.69, 9.17) is 4.74 Å². The van der Waals surface area contributed by atoms with Gasteiger partial charge in [0.15, 0.2) is 0 Å². The van der Waals surface area contributed by atoms with Crippen molar-refractivity contribution >= 4 is 22.4 Å². The average Bonchev–Trinajstić information content (AvgIpc) is 3.01. The molecule has 0 bridgehead atoms. The molecule has 5 nitrogen and oxygen atoms in total. The van der Waals surface area contributed by atoms with Crippen molar-refractivity contribution in [2.45, 2.75) is 39.5 Å². The van der Waals surface area contributed by atoms with Gasteiger partial charge < -0.3 is 10.1 Å². The van der Waals surface area contributed by atoms with E-state index in [-0.39, 0.29) is 11.8 Å². The second-order valence-corrected chi connectivity index (χ2v) is 6.33. The fourth-order valence-electron chi connectivity index (χ4n) is 2.20. The Morgan fingerprint density at radius 3 is 2.65 bits per heavy atom. The van der Waals surface area contributed by atoms with Crippen molar-refractivity contribution in [2.24, 2.45) is 5.92 Å². The quantitative estimate of drug-likeness (QED) is 0.706. The Bertz CT molecular complexity index is 597. The molecule has 0 fully saturated rings. The first-order chi connectivity index (χ1) is 11.2. The molecule has 0 saturated carbocycles. The molecule has 23 heavy (non-hydrogen) atoms. The molecule has 1 amide bonds. The van der Waals surface area contributed by atoms with Gasteiger partial charge in [-0.2, -0.15) is 0 Å². The zero-order valence-corrected chi connectivity index (χ0v) is 14.4. The predicted molar refractivity (Wildman–Crippen MR) is 92.9 cm³/mol. The van der Waals surface area contributed by atoms with Crippen LogP contribution >= 0.6 is 11.3 Å². The molecule has 0 aliphatic rings. The monoisotopic (exact) mass is 333 g/mol. The summed E-state index contributed by atoms with van der Waals surface area (Å²) in [6.45, 7) is 4.68. The maximum atomic E-state index is 12.0. The van der Waals surface area contributed by atoms with Crippen LogP contribution in [0.25, 0.3) is 0 Å². The molecule has 124 valence electrons. The number of rotatable bonds is 9. The summed E-state index contributed by atoms with van der Waals surface area (Å²) in [6, 6.07) is 9.75. The number of anilines is 1. The summed E-state index contributed by atoms with van der Waals surface area (Å²) in [4.78, 5) is 12.0. The van der Waals surface area contributed by atoms with Gasteiger partial charge in [0.25, 0.3) is 0 Å². The molecule has 0 saturated heterocycles. The fraction of sp³-hybridized carbons (Fsp3) is 0.471. The first-order valence-electron chi connectivity index (χ1n) is 8.04. The highest BCUT2D eigenvalue weighted by molar-refractivity contribution is 7.15. The minimum atomic E-state index is 0.0325. The zero-order chi connectivity index (χ0) is 16.5. The Labute approximate surface area is 141 Å². The molecule has 0 aliphatic carbocycles. The summed E-state index contributed by atoms with van der Waals surface area (Å²) in [5, 5.41) is 12.5. The van der Waals surface area contributed by atoms with Gasteiger partial charge >= 0.3 is 0 Å². The molecule has 0 spiro atoms. The number of carbonyl (C=O) groups excluding carboxylic acids is 1. The number of nitrogens with one attached hydrogen (secondary N) is 1. The topological polar surface area (TPSA) is 64.1 Å². The summed E-state index contributed by atoms with van der Waals surface area (Å²) in [7, 11) is 0. The minimum absolute atomic E-state index is 0.0325. The van der Waals surface area contributed by atoms with Crippen molar-refractivity contribution < 1.29 is 9.53 Å². The first kappa shape index (κ1) is 17.4. The van der Waals surface area contributed by atoms with E-state index < -0.39 is 0 Å². The Balaban J connectivity index is 1.73. The van der Waals surface area contributed by atoms with Crippen LogP contribution in [-0.4, -0.2) is 22.7 Å². The van der Waals surface area contributed by atoms with E-state index in [1.165, 1.54) is 11.3 Å². The lowest BCUT2D eigenvalue weighted by molar-refractivity contribution is -0.120. The van der Waals surface area contributed by atoms with E-state index in [1.54, 1.807) is 0 Å². The van der Waals surface area contributed by atoms with Gasteiger partial charge in [0.05, 0.1) is 6.61 Å². The highest BCUT2D eigenvalue weighted by atomic mass is 32.1. The van der Waals surface area contributed by atoms with Crippen LogP contribution < -0.4 is 10.1 Å². The van der Waals surface area contributed by atoms with E-state index >= 15 is 0 Å². The van der Waals surface area contributed by atoms with Gasteiger partial charge in [0.1, 0.15) is 10.8 Å². The number of hydrogen-bond acceptors (Lipinski definition) is 5. The smallest absolute Gasteiger partial charge is 0.229 e. The highest BCUT2D eigenvalue weighted by Gasteiger charge is 2.16. The largest absolute Gasteiger partial charge is 0.494 e. The maximum Gasteiger partial charge on any atom is 0.229 e. The molecule has 0 atom stereocenters. The van der Waals surface area contributed by atoms with E-state index in [2.05, 4.69) is 15.5 Å². The fourth-order valence-corrected chi connectivity index (χ4v) is 2.99. The summed E-state index contributed by atoms with van der Waals surface area (Å²) in [6.07, 6.45) is 3.34. The normalized spacial score (nSPS) is 10.7. The second kappa shape index (κ2) is 9.25. The lowest BCUT2D eigenvalue weighted by Gasteiger charge is -2.09. The van der Waals surface area contributed by atoms with Crippen LogP contribution in [-0.2, 0) is 11.2 Å². The van der Waals surface area contributed by atoms with Crippen LogP contribution in [0, 0.1) is 5.92 Å². The molecular weight excluding hydrogens is 310 g/mol. The van der Waals surface area contributed by atoms with Crippen molar-refractivity contribution in [3.63, 3.8) is 0 Å². The number of para-hydroxylation sites is 1. The third-order valence-corrected chi connectivity index (χ3v) is 4.50. The van der Waals surface area contributed by atoms with Gasteiger partial charge in [-0.15, -0.1) is 10.2 Å². The molecule has 2 rings (SSSR count).